The Morgan fingerprint density at radius 1 is 1.53 bits per heavy atom. The Morgan fingerprint density at radius 2 is 2.32 bits per heavy atom. The summed E-state index contributed by atoms with van der Waals surface area (Å²) in [7, 11) is 0. The van der Waals surface area contributed by atoms with Crippen molar-refractivity contribution in [1.29, 1.82) is 0 Å². The van der Waals surface area contributed by atoms with Crippen molar-refractivity contribution in [2.45, 2.75) is 57.8 Å². The van der Waals surface area contributed by atoms with Gasteiger partial charge >= 0.3 is 0 Å². The molecule has 19 heavy (non-hydrogen) atoms. The molecular formula is C15H22N2OS. The fourth-order valence-corrected chi connectivity index (χ4v) is 3.79. The number of hydrogen-bond donors (Lipinski definition) is 1. The maximum absolute atomic E-state index is 12.5. The van der Waals surface area contributed by atoms with E-state index in [-0.39, 0.29) is 18.1 Å². The van der Waals surface area contributed by atoms with Crippen LogP contribution in [-0.2, 0) is 4.79 Å². The van der Waals surface area contributed by atoms with Crippen LogP contribution in [0.5, 0.6) is 0 Å². The fraction of sp³-hybridized carbons (Fsp3) is 0.667. The van der Waals surface area contributed by atoms with Gasteiger partial charge in [0.05, 0.1) is 6.04 Å². The first kappa shape index (κ1) is 13.1. The summed E-state index contributed by atoms with van der Waals surface area (Å²) in [5.41, 5.74) is 0. The summed E-state index contributed by atoms with van der Waals surface area (Å²) < 4.78 is 0. The standard InChI is InChI=1S/C15H22N2OS/c1-3-12(9-11-6-7-11)17-14(13-5-4-8-19-13)16-10(2)15(17)18/h4-5,8,10-12,14,16H,3,6-7,9H2,1-2H3. The molecule has 1 saturated carbocycles. The first-order chi connectivity index (χ1) is 9.20. The first-order valence-electron chi connectivity index (χ1n) is 7.32. The second kappa shape index (κ2) is 5.25. The van der Waals surface area contributed by atoms with Crippen LogP contribution in [0.25, 0.3) is 0 Å². The molecule has 1 aromatic rings. The number of amides is 1. The highest BCUT2D eigenvalue weighted by molar-refractivity contribution is 7.10. The molecular weight excluding hydrogens is 256 g/mol. The summed E-state index contributed by atoms with van der Waals surface area (Å²) in [6.07, 6.45) is 5.03. The van der Waals surface area contributed by atoms with Gasteiger partial charge in [0, 0.05) is 10.9 Å². The van der Waals surface area contributed by atoms with Gasteiger partial charge in [0.25, 0.3) is 0 Å². The topological polar surface area (TPSA) is 32.3 Å². The molecule has 1 amide bonds. The third-order valence-corrected chi connectivity index (χ3v) is 5.22. The van der Waals surface area contributed by atoms with Crippen LogP contribution in [0.3, 0.4) is 0 Å². The van der Waals surface area contributed by atoms with E-state index in [2.05, 4.69) is 34.7 Å². The summed E-state index contributed by atoms with van der Waals surface area (Å²) in [5, 5.41) is 5.54. The van der Waals surface area contributed by atoms with E-state index in [4.69, 9.17) is 0 Å². The lowest BCUT2D eigenvalue weighted by Crippen LogP contribution is -2.39. The number of nitrogens with one attached hydrogen (secondary N) is 1. The number of hydrogen-bond acceptors (Lipinski definition) is 3. The average molecular weight is 278 g/mol. The first-order valence-corrected chi connectivity index (χ1v) is 8.20. The Balaban J connectivity index is 1.83. The predicted molar refractivity (Wildman–Crippen MR) is 77.9 cm³/mol. The molecule has 1 aliphatic carbocycles. The fourth-order valence-electron chi connectivity index (χ4n) is 3.01. The molecule has 3 atom stereocenters. The van der Waals surface area contributed by atoms with Gasteiger partial charge in [-0.3, -0.25) is 10.1 Å². The Bertz CT molecular complexity index is 441. The quantitative estimate of drug-likeness (QED) is 0.897. The van der Waals surface area contributed by atoms with Gasteiger partial charge < -0.3 is 4.90 Å². The Kier molecular flexibility index (Phi) is 3.63. The van der Waals surface area contributed by atoms with E-state index in [1.54, 1.807) is 11.3 Å². The van der Waals surface area contributed by atoms with E-state index in [9.17, 15) is 4.79 Å². The number of carbonyl (C=O) groups is 1. The molecule has 0 spiro atoms. The van der Waals surface area contributed by atoms with Crippen molar-refractivity contribution in [2.24, 2.45) is 5.92 Å². The molecule has 0 radical (unpaired) electrons. The van der Waals surface area contributed by atoms with Gasteiger partial charge in [0.15, 0.2) is 0 Å². The highest BCUT2D eigenvalue weighted by Crippen LogP contribution is 2.39. The van der Waals surface area contributed by atoms with E-state index in [0.29, 0.717) is 6.04 Å². The molecule has 2 heterocycles. The molecule has 1 aliphatic heterocycles. The molecule has 1 saturated heterocycles. The zero-order valence-corrected chi connectivity index (χ0v) is 12.5. The van der Waals surface area contributed by atoms with Crippen molar-refractivity contribution >= 4 is 17.2 Å². The van der Waals surface area contributed by atoms with Crippen LogP contribution in [0.4, 0.5) is 0 Å². The second-order valence-corrected chi connectivity index (χ2v) is 6.77. The monoisotopic (exact) mass is 278 g/mol. The highest BCUT2D eigenvalue weighted by atomic mass is 32.1. The van der Waals surface area contributed by atoms with Crippen molar-refractivity contribution in [1.82, 2.24) is 10.2 Å². The van der Waals surface area contributed by atoms with Crippen molar-refractivity contribution in [3.63, 3.8) is 0 Å². The summed E-state index contributed by atoms with van der Waals surface area (Å²) in [4.78, 5) is 15.9. The lowest BCUT2D eigenvalue weighted by atomic mass is 10.1. The minimum Gasteiger partial charge on any atom is -0.318 e. The number of rotatable bonds is 5. The van der Waals surface area contributed by atoms with E-state index in [1.165, 1.54) is 24.1 Å². The number of thiophene rings is 1. The number of nitrogens with zero attached hydrogens (tertiary/aromatic N) is 1. The predicted octanol–water partition coefficient (Wildman–Crippen LogP) is 3.15. The minimum atomic E-state index is -0.0552. The Morgan fingerprint density at radius 3 is 2.89 bits per heavy atom. The molecule has 1 N–H and O–H groups in total. The van der Waals surface area contributed by atoms with E-state index in [1.807, 2.05) is 6.92 Å². The van der Waals surface area contributed by atoms with Crippen LogP contribution in [0, 0.1) is 5.92 Å². The van der Waals surface area contributed by atoms with Gasteiger partial charge in [-0.25, -0.2) is 0 Å². The van der Waals surface area contributed by atoms with Gasteiger partial charge in [0.2, 0.25) is 5.91 Å². The summed E-state index contributed by atoms with van der Waals surface area (Å²) >= 11 is 1.73. The maximum atomic E-state index is 12.5. The lowest BCUT2D eigenvalue weighted by molar-refractivity contribution is -0.132. The Labute approximate surface area is 119 Å². The third kappa shape index (κ3) is 2.56. The van der Waals surface area contributed by atoms with E-state index >= 15 is 0 Å². The molecule has 104 valence electrons. The van der Waals surface area contributed by atoms with E-state index < -0.39 is 0 Å². The van der Waals surface area contributed by atoms with Crippen molar-refractivity contribution < 1.29 is 4.79 Å². The van der Waals surface area contributed by atoms with Crippen LogP contribution in [0.15, 0.2) is 17.5 Å². The lowest BCUT2D eigenvalue weighted by Gasteiger charge is -2.32. The molecule has 2 aliphatic rings. The average Bonchev–Trinajstić information content (AvgIpc) is 2.96. The summed E-state index contributed by atoms with van der Waals surface area (Å²) in [5.74, 6) is 1.13. The second-order valence-electron chi connectivity index (χ2n) is 5.79. The molecule has 2 fully saturated rings. The van der Waals surface area contributed by atoms with Crippen molar-refractivity contribution in [3.8, 4) is 0 Å². The molecule has 3 unspecified atom stereocenters. The number of carbonyl (C=O) groups excluding carboxylic acids is 1. The smallest absolute Gasteiger partial charge is 0.241 e. The molecule has 3 nitrogen and oxygen atoms in total. The van der Waals surface area contributed by atoms with Crippen molar-refractivity contribution in [2.75, 3.05) is 0 Å². The highest BCUT2D eigenvalue weighted by Gasteiger charge is 2.42. The van der Waals surface area contributed by atoms with Gasteiger partial charge in [-0.05, 0) is 37.1 Å². The largest absolute Gasteiger partial charge is 0.318 e. The molecule has 0 aromatic carbocycles. The SMILES string of the molecule is CCC(CC1CC1)N1C(=O)C(C)NC1c1cccs1. The third-order valence-electron chi connectivity index (χ3n) is 4.29. The van der Waals surface area contributed by atoms with Crippen LogP contribution in [-0.4, -0.2) is 22.9 Å². The normalized spacial score (nSPS) is 28.9. The van der Waals surface area contributed by atoms with Gasteiger partial charge in [-0.15, -0.1) is 11.3 Å². The zero-order valence-electron chi connectivity index (χ0n) is 11.6. The van der Waals surface area contributed by atoms with Crippen LogP contribution >= 0.6 is 11.3 Å². The molecule has 1 aromatic heterocycles. The van der Waals surface area contributed by atoms with Crippen LogP contribution in [0.2, 0.25) is 0 Å². The molecule has 4 heteroatoms. The van der Waals surface area contributed by atoms with Gasteiger partial charge in [0.1, 0.15) is 6.17 Å². The summed E-state index contributed by atoms with van der Waals surface area (Å²) in [6, 6.07) is 4.53. The zero-order chi connectivity index (χ0) is 13.4. The molecule has 0 bridgehead atoms. The van der Waals surface area contributed by atoms with Gasteiger partial charge in [-0.2, -0.15) is 0 Å². The van der Waals surface area contributed by atoms with Gasteiger partial charge in [-0.1, -0.05) is 25.8 Å². The van der Waals surface area contributed by atoms with Crippen LogP contribution < -0.4 is 5.32 Å². The minimum absolute atomic E-state index is 0.0552. The van der Waals surface area contributed by atoms with Crippen LogP contribution in [0.1, 0.15) is 50.6 Å². The summed E-state index contributed by atoms with van der Waals surface area (Å²) in [6.45, 7) is 4.18. The van der Waals surface area contributed by atoms with Crippen molar-refractivity contribution in [3.05, 3.63) is 22.4 Å². The maximum Gasteiger partial charge on any atom is 0.241 e. The Hall–Kier alpha value is -0.870. The van der Waals surface area contributed by atoms with E-state index in [0.717, 1.165) is 12.3 Å². The molecule has 3 rings (SSSR count).